The summed E-state index contributed by atoms with van der Waals surface area (Å²) in [7, 11) is 4.18. The number of aryl methyl sites for hydroxylation is 2. The molecule has 1 unspecified atom stereocenters. The molecule has 0 spiro atoms. The Morgan fingerprint density at radius 3 is 1.48 bits per heavy atom. The first-order chi connectivity index (χ1) is 28.4. The summed E-state index contributed by atoms with van der Waals surface area (Å²) < 4.78 is 54.5. The number of carbonyl (C=O) groups is 1. The zero-order valence-corrected chi connectivity index (χ0v) is 35.1. The number of esters is 1. The number of rotatable bonds is 9. The summed E-state index contributed by atoms with van der Waals surface area (Å²) in [4.78, 5) is 61.4. The molecular formula is C42H40Cl2F2N4O10. The number of nitrogens with zero attached hydrogens (tertiary/aromatic N) is 4. The van der Waals surface area contributed by atoms with Crippen LogP contribution >= 0.6 is 23.2 Å². The number of para-hydroxylation sites is 4. The molecule has 60 heavy (non-hydrogen) atoms. The minimum Gasteiger partial charge on any atom is -0.504 e. The van der Waals surface area contributed by atoms with Gasteiger partial charge < -0.3 is 33.2 Å². The van der Waals surface area contributed by atoms with Crippen molar-refractivity contribution in [3.63, 3.8) is 0 Å². The van der Waals surface area contributed by atoms with E-state index in [-0.39, 0.29) is 55.9 Å². The molecule has 0 saturated heterocycles. The van der Waals surface area contributed by atoms with Gasteiger partial charge in [0.15, 0.2) is 29.1 Å². The minimum atomic E-state index is -0.918. The van der Waals surface area contributed by atoms with E-state index in [1.54, 1.807) is 50.2 Å². The van der Waals surface area contributed by atoms with E-state index in [4.69, 9.17) is 37.4 Å². The second-order valence-corrected chi connectivity index (χ2v) is 13.3. The Labute approximate surface area is 351 Å². The lowest BCUT2D eigenvalue weighted by Crippen LogP contribution is -2.38. The number of ether oxygens (including phenoxy) is 4. The molecule has 4 aromatic carbocycles. The van der Waals surface area contributed by atoms with Crippen molar-refractivity contribution in [1.82, 2.24) is 18.3 Å². The lowest BCUT2D eigenvalue weighted by molar-refractivity contribution is -0.147. The molecule has 0 aliphatic carbocycles. The molecule has 0 radical (unpaired) electrons. The molecule has 1 atom stereocenters. The van der Waals surface area contributed by atoms with Gasteiger partial charge in [-0.15, -0.1) is 0 Å². The van der Waals surface area contributed by atoms with E-state index >= 15 is 0 Å². The highest BCUT2D eigenvalue weighted by Crippen LogP contribution is 2.38. The van der Waals surface area contributed by atoms with Gasteiger partial charge in [-0.25, -0.2) is 32.3 Å². The topological polar surface area (TPSA) is 162 Å². The monoisotopic (exact) mass is 868 g/mol. The third-order valence-corrected chi connectivity index (χ3v) is 9.19. The summed E-state index contributed by atoms with van der Waals surface area (Å²) >= 11 is 12.2. The molecule has 0 aliphatic rings. The highest BCUT2D eigenvalue weighted by Gasteiger charge is 2.21. The molecule has 0 aliphatic heterocycles. The lowest BCUT2D eigenvalue weighted by Gasteiger charge is -2.17. The predicted octanol–water partition coefficient (Wildman–Crippen LogP) is 7.53. The fourth-order valence-corrected chi connectivity index (χ4v) is 5.64. The van der Waals surface area contributed by atoms with Gasteiger partial charge in [-0.05, 0) is 57.2 Å². The first-order valence-corrected chi connectivity index (χ1v) is 18.7. The van der Waals surface area contributed by atoms with Crippen molar-refractivity contribution in [3.05, 3.63) is 160 Å². The Hall–Kier alpha value is -6.65. The van der Waals surface area contributed by atoms with E-state index in [1.165, 1.54) is 61.5 Å². The molecule has 14 nitrogen and oxygen atoms in total. The van der Waals surface area contributed by atoms with Gasteiger partial charge in [-0.3, -0.25) is 9.59 Å². The maximum atomic E-state index is 14.7. The van der Waals surface area contributed by atoms with Crippen LogP contribution in [0.5, 0.6) is 34.5 Å². The van der Waals surface area contributed by atoms with Crippen LogP contribution in [-0.4, -0.2) is 42.6 Å². The number of benzene rings is 4. The van der Waals surface area contributed by atoms with Crippen LogP contribution in [-0.2, 0) is 23.6 Å². The van der Waals surface area contributed by atoms with E-state index in [0.717, 1.165) is 24.3 Å². The number of hydrogen-bond acceptors (Lipinski definition) is 10. The van der Waals surface area contributed by atoms with Crippen molar-refractivity contribution in [2.75, 3.05) is 7.11 Å². The molecule has 316 valence electrons. The summed E-state index contributed by atoms with van der Waals surface area (Å²) in [5, 5.41) is 9.63. The van der Waals surface area contributed by atoms with Crippen molar-refractivity contribution >= 4 is 29.2 Å². The Kier molecular flexibility index (Phi) is 15.2. The number of halogens is 4. The molecule has 1 N–H and O–H groups in total. The maximum absolute atomic E-state index is 14.7. The number of aromatic nitrogens is 4. The Morgan fingerprint density at radius 1 is 0.650 bits per heavy atom. The summed E-state index contributed by atoms with van der Waals surface area (Å²) in [5.74, 6) is -2.04. The minimum absolute atomic E-state index is 0.0147. The largest absolute Gasteiger partial charge is 0.504 e. The third kappa shape index (κ3) is 10.1. The van der Waals surface area contributed by atoms with Gasteiger partial charge in [0, 0.05) is 49.7 Å². The first kappa shape index (κ1) is 46.0. The fourth-order valence-electron chi connectivity index (χ4n) is 5.27. The van der Waals surface area contributed by atoms with Crippen molar-refractivity contribution in [3.8, 4) is 45.9 Å². The van der Waals surface area contributed by atoms with Gasteiger partial charge >= 0.3 is 17.3 Å². The molecule has 18 heteroatoms. The van der Waals surface area contributed by atoms with Gasteiger partial charge in [-0.1, -0.05) is 61.3 Å². The van der Waals surface area contributed by atoms with Crippen LogP contribution in [0, 0.1) is 25.5 Å². The molecule has 6 rings (SSSR count). The molecule has 2 aromatic heterocycles. The van der Waals surface area contributed by atoms with Crippen LogP contribution in [0.25, 0.3) is 11.4 Å². The standard InChI is InChI=1S/C22H20ClFN2O6.C18H14ClFN2O4.C2H6/c1-12-9-20(27)26(22(29)25(12)3)16-11-19(14(23)10-15(16)24)32-18-8-6-5-7-17(18)31-13(2)21(28)30-4;1-10-7-17(24)22(18(25)21(10)2)13-9-16(11(19)8-12(13)20)26-15-6-4-3-5-14(15)23;1-2/h5-11,13H,1-4H3;3-9,23H,1-2H3;1-2H3. The van der Waals surface area contributed by atoms with Crippen LogP contribution in [0.15, 0.2) is 104 Å². The number of hydrogen-bond donors (Lipinski definition) is 1. The third-order valence-electron chi connectivity index (χ3n) is 8.60. The van der Waals surface area contributed by atoms with Gasteiger partial charge in [-0.2, -0.15) is 0 Å². The number of aromatic hydroxyl groups is 1. The quantitative estimate of drug-likeness (QED) is 0.144. The second kappa shape index (κ2) is 19.9. The number of methoxy groups -OCH3 is 1. The van der Waals surface area contributed by atoms with Gasteiger partial charge in [0.2, 0.25) is 0 Å². The van der Waals surface area contributed by atoms with E-state index in [0.29, 0.717) is 20.5 Å². The van der Waals surface area contributed by atoms with Crippen LogP contribution in [0.1, 0.15) is 32.2 Å². The Balaban J connectivity index is 0.000000259. The summed E-state index contributed by atoms with van der Waals surface area (Å²) in [5.41, 5.74) is -2.57. The van der Waals surface area contributed by atoms with Crippen molar-refractivity contribution < 1.29 is 37.6 Å². The second-order valence-electron chi connectivity index (χ2n) is 12.5. The molecule has 0 bridgehead atoms. The molecule has 2 heterocycles. The van der Waals surface area contributed by atoms with Crippen LogP contribution in [0.4, 0.5) is 8.78 Å². The zero-order valence-electron chi connectivity index (χ0n) is 33.6. The number of phenolic OH excluding ortho intramolecular Hbond substituents is 1. The van der Waals surface area contributed by atoms with Gasteiger partial charge in [0.1, 0.15) is 23.1 Å². The first-order valence-electron chi connectivity index (χ1n) is 18.0. The van der Waals surface area contributed by atoms with E-state index < -0.39 is 46.2 Å². The van der Waals surface area contributed by atoms with Crippen molar-refractivity contribution in [1.29, 1.82) is 0 Å². The maximum Gasteiger partial charge on any atom is 0.346 e. The van der Waals surface area contributed by atoms with E-state index in [9.17, 15) is 37.9 Å². The fraction of sp³-hybridized carbons (Fsp3) is 0.214. The summed E-state index contributed by atoms with van der Waals surface area (Å²) in [6.45, 7) is 8.69. The zero-order chi connectivity index (χ0) is 44.6. The van der Waals surface area contributed by atoms with Crippen molar-refractivity contribution in [2.45, 2.75) is 40.7 Å². The highest BCUT2D eigenvalue weighted by atomic mass is 35.5. The predicted molar refractivity (Wildman–Crippen MR) is 222 cm³/mol. The van der Waals surface area contributed by atoms with Crippen LogP contribution in [0.2, 0.25) is 10.0 Å². The van der Waals surface area contributed by atoms with Crippen molar-refractivity contribution in [2.24, 2.45) is 14.1 Å². The average Bonchev–Trinajstić information content (AvgIpc) is 3.21. The van der Waals surface area contributed by atoms with E-state index in [1.807, 2.05) is 13.8 Å². The number of phenols is 1. The summed E-state index contributed by atoms with van der Waals surface area (Å²) in [6.07, 6.45) is -0.918. The smallest absolute Gasteiger partial charge is 0.346 e. The summed E-state index contributed by atoms with van der Waals surface area (Å²) in [6, 6.07) is 19.2. The SMILES string of the molecule is CC.COC(=O)C(C)Oc1ccccc1Oc1cc(-n2c(=O)cc(C)n(C)c2=O)c(F)cc1Cl.Cc1cc(=O)n(-c2cc(Oc3ccccc3O)c(Cl)cc2F)c(=O)n1C. The molecule has 0 saturated carbocycles. The number of carbonyl (C=O) groups excluding carboxylic acids is 1. The normalized spacial score (nSPS) is 11.0. The Morgan fingerprint density at radius 2 is 1.05 bits per heavy atom. The van der Waals surface area contributed by atoms with Gasteiger partial charge in [0.05, 0.1) is 28.5 Å². The highest BCUT2D eigenvalue weighted by molar-refractivity contribution is 6.32. The Bertz CT molecular complexity index is 2800. The van der Waals surface area contributed by atoms with E-state index in [2.05, 4.69) is 4.74 Å². The molecule has 6 aromatic rings. The molecule has 0 fully saturated rings. The van der Waals surface area contributed by atoms with Crippen LogP contribution in [0.3, 0.4) is 0 Å². The average molecular weight is 870 g/mol. The lowest BCUT2D eigenvalue weighted by atomic mass is 10.2. The van der Waals surface area contributed by atoms with Gasteiger partial charge in [0.25, 0.3) is 11.1 Å². The molecule has 0 amide bonds. The molecular weight excluding hydrogens is 829 g/mol. The van der Waals surface area contributed by atoms with Crippen LogP contribution < -0.4 is 36.7 Å².